The molecule has 0 spiro atoms. The van der Waals surface area contributed by atoms with Gasteiger partial charge in [0.25, 0.3) is 0 Å². The molecule has 0 heterocycles. The van der Waals surface area contributed by atoms with Crippen molar-refractivity contribution in [1.82, 2.24) is 0 Å². The van der Waals surface area contributed by atoms with Crippen molar-refractivity contribution in [3.05, 3.63) is 29.8 Å². The van der Waals surface area contributed by atoms with Crippen LogP contribution in [0.1, 0.15) is 10.4 Å². The van der Waals surface area contributed by atoms with Crippen molar-refractivity contribution in [2.24, 2.45) is 0 Å². The quantitative estimate of drug-likeness (QED) is 0.485. The highest BCUT2D eigenvalue weighted by Crippen LogP contribution is 2.10. The molecular formula is C12H19NO5. The van der Waals surface area contributed by atoms with E-state index in [4.69, 9.17) is 15.3 Å². The second-order valence-electron chi connectivity index (χ2n) is 3.71. The summed E-state index contributed by atoms with van der Waals surface area (Å²) < 4.78 is 0. The van der Waals surface area contributed by atoms with E-state index in [1.54, 1.807) is 0 Å². The van der Waals surface area contributed by atoms with Crippen LogP contribution in [-0.4, -0.2) is 54.6 Å². The number of likely N-dealkylation sites (N-methyl/N-ethyl adjacent to an activating group) is 1. The predicted octanol–water partition coefficient (Wildman–Crippen LogP) is -2.06. The molecule has 0 amide bonds. The summed E-state index contributed by atoms with van der Waals surface area (Å²) in [5, 5.41) is 35.8. The van der Waals surface area contributed by atoms with Crippen molar-refractivity contribution < 1.29 is 30.1 Å². The lowest BCUT2D eigenvalue weighted by Crippen LogP contribution is -3.10. The molecule has 102 valence electrons. The van der Waals surface area contributed by atoms with Crippen LogP contribution in [-0.2, 0) is 0 Å². The van der Waals surface area contributed by atoms with Gasteiger partial charge < -0.3 is 25.3 Å². The monoisotopic (exact) mass is 257 g/mol. The summed E-state index contributed by atoms with van der Waals surface area (Å²) in [5.41, 5.74) is -0.178. The van der Waals surface area contributed by atoms with Crippen molar-refractivity contribution in [3.63, 3.8) is 0 Å². The van der Waals surface area contributed by atoms with Crippen LogP contribution in [0.4, 0.5) is 0 Å². The molecule has 1 rings (SSSR count). The van der Waals surface area contributed by atoms with E-state index in [0.29, 0.717) is 0 Å². The van der Waals surface area contributed by atoms with Crippen molar-refractivity contribution in [2.45, 2.75) is 0 Å². The lowest BCUT2D eigenvalue weighted by Gasteiger charge is -2.08. The number of benzene rings is 1. The molecule has 0 saturated carbocycles. The van der Waals surface area contributed by atoms with Crippen LogP contribution in [0.15, 0.2) is 24.3 Å². The second kappa shape index (κ2) is 9.41. The van der Waals surface area contributed by atoms with Gasteiger partial charge in [0.1, 0.15) is 13.1 Å². The summed E-state index contributed by atoms with van der Waals surface area (Å²) in [6.07, 6.45) is 0. The van der Waals surface area contributed by atoms with Gasteiger partial charge in [0.05, 0.1) is 25.8 Å². The maximum atomic E-state index is 10.7. The van der Waals surface area contributed by atoms with E-state index in [0.717, 1.165) is 18.0 Å². The number of carboxylic acids is 1. The van der Waals surface area contributed by atoms with Crippen LogP contribution < -0.4 is 10.0 Å². The number of quaternary nitrogens is 1. The number of aliphatic hydroxyl groups is 2. The molecule has 1 aromatic carbocycles. The van der Waals surface area contributed by atoms with Crippen LogP contribution in [0.5, 0.6) is 5.75 Å². The fraction of sp³-hybridized carbons (Fsp3) is 0.417. The number of hydrogen-bond acceptors (Lipinski definition) is 4. The first-order chi connectivity index (χ1) is 8.52. The normalized spacial score (nSPS) is 9.78. The fourth-order valence-electron chi connectivity index (χ4n) is 1.15. The molecule has 0 aliphatic rings. The lowest BCUT2D eigenvalue weighted by molar-refractivity contribution is -0.880. The van der Waals surface area contributed by atoms with Crippen molar-refractivity contribution in [2.75, 3.05) is 33.4 Å². The van der Waals surface area contributed by atoms with E-state index in [9.17, 15) is 9.90 Å². The highest BCUT2D eigenvalue weighted by Gasteiger charge is 1.99. The molecular weight excluding hydrogens is 238 g/mol. The van der Waals surface area contributed by atoms with E-state index >= 15 is 0 Å². The molecule has 1 aromatic rings. The first kappa shape index (κ1) is 16.4. The average molecular weight is 257 g/mol. The Balaban J connectivity index is 0.000000331. The third-order valence-corrected chi connectivity index (χ3v) is 2.19. The number of aromatic carboxylic acids is 1. The molecule has 6 nitrogen and oxygen atoms in total. The fourth-order valence-corrected chi connectivity index (χ4v) is 1.15. The predicted molar refractivity (Wildman–Crippen MR) is 63.6 cm³/mol. The Morgan fingerprint density at radius 1 is 1.22 bits per heavy atom. The first-order valence-electron chi connectivity index (χ1n) is 5.55. The van der Waals surface area contributed by atoms with Gasteiger partial charge in [-0.15, -0.1) is 0 Å². The third kappa shape index (κ3) is 6.85. The number of carboxylic acid groups (broad SMARTS) is 1. The summed E-state index contributed by atoms with van der Waals surface area (Å²) in [7, 11) is 1.94. The molecule has 0 fully saturated rings. The summed E-state index contributed by atoms with van der Waals surface area (Å²) in [6, 6.07) is 5.54. The largest absolute Gasteiger partial charge is 0.872 e. The van der Waals surface area contributed by atoms with Crippen LogP contribution in [0.2, 0.25) is 0 Å². The first-order valence-corrected chi connectivity index (χ1v) is 5.55. The molecule has 0 unspecified atom stereocenters. The van der Waals surface area contributed by atoms with Crippen molar-refractivity contribution >= 4 is 5.97 Å². The number of rotatable bonds is 5. The molecule has 4 N–H and O–H groups in total. The topological polar surface area (TPSA) is 105 Å². The zero-order chi connectivity index (χ0) is 14.0. The van der Waals surface area contributed by atoms with E-state index in [2.05, 4.69) is 0 Å². The maximum Gasteiger partial charge on any atom is 0.335 e. The molecule has 18 heavy (non-hydrogen) atoms. The number of carbonyl (C=O) groups is 1. The lowest BCUT2D eigenvalue weighted by atomic mass is 10.2. The standard InChI is InChI=1S/C7H6O3.C5H13NO2/c8-6-4-2-1-3-5(6)7(9)10;1-6(2-4-7)3-5-8/h1-4,8H,(H,9,10);7-8H,2-5H2,1H3. The molecule has 6 heteroatoms. The molecule has 0 saturated heterocycles. The van der Waals surface area contributed by atoms with Crippen LogP contribution in [0, 0.1) is 0 Å². The van der Waals surface area contributed by atoms with Gasteiger partial charge in [-0.1, -0.05) is 23.9 Å². The molecule has 0 aliphatic heterocycles. The SMILES string of the molecule is C[NH+](CCO)CCO.O=C(O)c1ccccc1[O-]. The van der Waals surface area contributed by atoms with Gasteiger partial charge in [0, 0.05) is 0 Å². The van der Waals surface area contributed by atoms with E-state index < -0.39 is 11.7 Å². The smallest absolute Gasteiger partial charge is 0.335 e. The minimum Gasteiger partial charge on any atom is -0.872 e. The Morgan fingerprint density at radius 3 is 2.06 bits per heavy atom. The highest BCUT2D eigenvalue weighted by atomic mass is 16.4. The molecule has 0 bridgehead atoms. The zero-order valence-electron chi connectivity index (χ0n) is 10.3. The number of para-hydroxylation sites is 1. The maximum absolute atomic E-state index is 10.7. The Morgan fingerprint density at radius 2 is 1.72 bits per heavy atom. The summed E-state index contributed by atoms with van der Waals surface area (Å²) >= 11 is 0. The number of nitrogens with one attached hydrogen (secondary N) is 1. The van der Waals surface area contributed by atoms with Gasteiger partial charge in [0.15, 0.2) is 0 Å². The van der Waals surface area contributed by atoms with E-state index in [1.807, 2.05) is 7.05 Å². The molecule has 0 atom stereocenters. The summed E-state index contributed by atoms with van der Waals surface area (Å²) in [6.45, 7) is 1.85. The zero-order valence-corrected chi connectivity index (χ0v) is 10.3. The Labute approximate surface area is 106 Å². The number of aliphatic hydroxyl groups excluding tert-OH is 2. The van der Waals surface area contributed by atoms with Crippen LogP contribution in [0.3, 0.4) is 0 Å². The minimum absolute atomic E-state index is 0.178. The van der Waals surface area contributed by atoms with Gasteiger partial charge in [-0.3, -0.25) is 0 Å². The van der Waals surface area contributed by atoms with Gasteiger partial charge >= 0.3 is 5.97 Å². The van der Waals surface area contributed by atoms with E-state index in [1.165, 1.54) is 24.3 Å². The molecule has 0 aromatic heterocycles. The van der Waals surface area contributed by atoms with Crippen molar-refractivity contribution in [1.29, 1.82) is 0 Å². The summed E-state index contributed by atoms with van der Waals surface area (Å²) in [5.74, 6) is -1.62. The van der Waals surface area contributed by atoms with Crippen molar-refractivity contribution in [3.8, 4) is 5.75 Å². The Kier molecular flexibility index (Phi) is 8.55. The number of hydrogen-bond donors (Lipinski definition) is 4. The van der Waals surface area contributed by atoms with Gasteiger partial charge in [-0.05, 0) is 6.07 Å². The van der Waals surface area contributed by atoms with Gasteiger partial charge in [-0.2, -0.15) is 0 Å². The molecule has 0 aliphatic carbocycles. The summed E-state index contributed by atoms with van der Waals surface area (Å²) in [4.78, 5) is 11.4. The Bertz CT molecular complexity index is 350. The van der Waals surface area contributed by atoms with Crippen LogP contribution >= 0.6 is 0 Å². The second-order valence-corrected chi connectivity index (χ2v) is 3.71. The van der Waals surface area contributed by atoms with E-state index in [-0.39, 0.29) is 18.8 Å². The minimum atomic E-state index is -1.18. The molecule has 0 radical (unpaired) electrons. The van der Waals surface area contributed by atoms with Crippen LogP contribution in [0.25, 0.3) is 0 Å². The third-order valence-electron chi connectivity index (χ3n) is 2.19. The van der Waals surface area contributed by atoms with Gasteiger partial charge in [-0.25, -0.2) is 4.79 Å². The highest BCUT2D eigenvalue weighted by molar-refractivity contribution is 5.90. The average Bonchev–Trinajstić information content (AvgIpc) is 2.30. The Hall–Kier alpha value is -1.63. The van der Waals surface area contributed by atoms with Gasteiger partial charge in [0.2, 0.25) is 0 Å².